The normalized spacial score (nSPS) is 13.8. The quantitative estimate of drug-likeness (QED) is 0.291. The van der Waals surface area contributed by atoms with Crippen LogP contribution in [0.3, 0.4) is 0 Å². The summed E-state index contributed by atoms with van der Waals surface area (Å²) in [6, 6.07) is 14.4. The van der Waals surface area contributed by atoms with Crippen LogP contribution in [0.25, 0.3) is 0 Å². The summed E-state index contributed by atoms with van der Waals surface area (Å²) in [6.45, 7) is 4.06. The number of aliphatic imine (C=N–C) groups is 1. The van der Waals surface area contributed by atoms with Crippen molar-refractivity contribution in [3.8, 4) is 5.75 Å². The molecule has 0 atom stereocenters. The molecule has 0 saturated carbocycles. The molecule has 2 N–H and O–H groups in total. The van der Waals surface area contributed by atoms with Gasteiger partial charge in [-0.15, -0.1) is 24.0 Å². The van der Waals surface area contributed by atoms with Gasteiger partial charge < -0.3 is 25.2 Å². The molecule has 3 rings (SSSR count). The first kappa shape index (κ1) is 26.7. The largest absolute Gasteiger partial charge is 0.496 e. The van der Waals surface area contributed by atoms with Crippen LogP contribution in [0.1, 0.15) is 12.0 Å². The molecule has 33 heavy (non-hydrogen) atoms. The van der Waals surface area contributed by atoms with Crippen molar-refractivity contribution in [1.82, 2.24) is 15.5 Å². The van der Waals surface area contributed by atoms with Crippen molar-refractivity contribution in [3.63, 3.8) is 0 Å². The van der Waals surface area contributed by atoms with Crippen LogP contribution < -0.4 is 20.3 Å². The molecule has 7 nitrogen and oxygen atoms in total. The van der Waals surface area contributed by atoms with E-state index in [2.05, 4.69) is 20.5 Å². The Bertz CT molecular complexity index is 902. The highest BCUT2D eigenvalue weighted by molar-refractivity contribution is 14.0. The summed E-state index contributed by atoms with van der Waals surface area (Å²) in [5, 5.41) is 6.48. The summed E-state index contributed by atoms with van der Waals surface area (Å²) < 4.78 is 18.5. The Labute approximate surface area is 212 Å². The first-order valence-electron chi connectivity index (χ1n) is 11.0. The van der Waals surface area contributed by atoms with Crippen molar-refractivity contribution in [3.05, 3.63) is 59.9 Å². The average molecular weight is 569 g/mol. The SMILES string of the molecule is CN=C(NCCC(=O)N1CCN(c2ccc(F)cc2)CC1)NCCc1ccccc1OC.I. The number of piperazine rings is 1. The van der Waals surface area contributed by atoms with Crippen LogP contribution in [0.5, 0.6) is 5.75 Å². The maximum atomic E-state index is 13.1. The number of rotatable bonds is 8. The fourth-order valence-corrected chi connectivity index (χ4v) is 3.76. The van der Waals surface area contributed by atoms with E-state index < -0.39 is 0 Å². The van der Waals surface area contributed by atoms with Crippen molar-refractivity contribution < 1.29 is 13.9 Å². The lowest BCUT2D eigenvalue weighted by atomic mass is 10.1. The van der Waals surface area contributed by atoms with Crippen LogP contribution in [-0.2, 0) is 11.2 Å². The predicted octanol–water partition coefficient (Wildman–Crippen LogP) is 2.90. The molecule has 1 aliphatic rings. The first-order chi connectivity index (χ1) is 15.6. The van der Waals surface area contributed by atoms with Gasteiger partial charge in [-0.25, -0.2) is 4.39 Å². The molecule has 0 bridgehead atoms. The number of ether oxygens (including phenoxy) is 1. The van der Waals surface area contributed by atoms with Gasteiger partial charge in [-0.3, -0.25) is 9.79 Å². The van der Waals surface area contributed by atoms with Crippen LogP contribution >= 0.6 is 24.0 Å². The number of methoxy groups -OCH3 is 1. The highest BCUT2D eigenvalue weighted by atomic mass is 127. The number of guanidine groups is 1. The maximum Gasteiger partial charge on any atom is 0.224 e. The summed E-state index contributed by atoms with van der Waals surface area (Å²) in [4.78, 5) is 20.9. The lowest BCUT2D eigenvalue weighted by Gasteiger charge is -2.36. The van der Waals surface area contributed by atoms with E-state index >= 15 is 0 Å². The number of nitrogens with one attached hydrogen (secondary N) is 2. The molecule has 1 saturated heterocycles. The molecule has 0 aliphatic carbocycles. The van der Waals surface area contributed by atoms with Crippen molar-refractivity contribution in [2.24, 2.45) is 4.99 Å². The van der Waals surface area contributed by atoms with Gasteiger partial charge in [0.2, 0.25) is 5.91 Å². The van der Waals surface area contributed by atoms with Crippen LogP contribution in [0.4, 0.5) is 10.1 Å². The minimum absolute atomic E-state index is 0. The van der Waals surface area contributed by atoms with E-state index in [0.717, 1.165) is 36.5 Å². The molecule has 1 heterocycles. The van der Waals surface area contributed by atoms with E-state index in [4.69, 9.17) is 4.74 Å². The summed E-state index contributed by atoms with van der Waals surface area (Å²) in [5.74, 6) is 1.44. The highest BCUT2D eigenvalue weighted by Gasteiger charge is 2.21. The van der Waals surface area contributed by atoms with Gasteiger partial charge in [0.05, 0.1) is 7.11 Å². The van der Waals surface area contributed by atoms with Gasteiger partial charge in [-0.05, 0) is 42.3 Å². The monoisotopic (exact) mass is 569 g/mol. The van der Waals surface area contributed by atoms with E-state index in [1.54, 1.807) is 26.3 Å². The Morgan fingerprint density at radius 1 is 1.03 bits per heavy atom. The number of nitrogens with zero attached hydrogens (tertiary/aromatic N) is 3. The van der Waals surface area contributed by atoms with E-state index in [9.17, 15) is 9.18 Å². The number of halogens is 2. The van der Waals surface area contributed by atoms with Crippen molar-refractivity contribution >= 4 is 41.5 Å². The highest BCUT2D eigenvalue weighted by Crippen LogP contribution is 2.18. The van der Waals surface area contributed by atoms with E-state index in [1.807, 2.05) is 29.2 Å². The fraction of sp³-hybridized carbons (Fsp3) is 0.417. The van der Waals surface area contributed by atoms with Gasteiger partial charge in [0.1, 0.15) is 11.6 Å². The zero-order chi connectivity index (χ0) is 22.8. The summed E-state index contributed by atoms with van der Waals surface area (Å²) in [7, 11) is 3.39. The number of carbonyl (C=O) groups excluding carboxylic acids is 1. The lowest BCUT2D eigenvalue weighted by Crippen LogP contribution is -2.49. The number of benzene rings is 2. The Hall–Kier alpha value is -2.56. The Morgan fingerprint density at radius 2 is 1.70 bits per heavy atom. The summed E-state index contributed by atoms with van der Waals surface area (Å²) in [6.07, 6.45) is 1.21. The minimum Gasteiger partial charge on any atom is -0.496 e. The molecule has 0 radical (unpaired) electrons. The lowest BCUT2D eigenvalue weighted by molar-refractivity contribution is -0.131. The molecule has 1 fully saturated rings. The van der Waals surface area contributed by atoms with Crippen LogP contribution in [0, 0.1) is 5.82 Å². The molecule has 0 unspecified atom stereocenters. The molecule has 0 spiro atoms. The number of hydrogen-bond donors (Lipinski definition) is 2. The van der Waals surface area contributed by atoms with Gasteiger partial charge in [0.15, 0.2) is 5.96 Å². The van der Waals surface area contributed by atoms with Gasteiger partial charge in [0.25, 0.3) is 0 Å². The van der Waals surface area contributed by atoms with Crippen LogP contribution in [0.2, 0.25) is 0 Å². The second kappa shape index (κ2) is 13.9. The molecule has 180 valence electrons. The molecular formula is C24H33FIN5O2. The van der Waals surface area contributed by atoms with Crippen molar-refractivity contribution in [2.45, 2.75) is 12.8 Å². The third-order valence-corrected chi connectivity index (χ3v) is 5.56. The zero-order valence-electron chi connectivity index (χ0n) is 19.2. The van der Waals surface area contributed by atoms with Gasteiger partial charge in [0, 0.05) is 58.4 Å². The number of anilines is 1. The Balaban J connectivity index is 0.00000385. The number of carbonyl (C=O) groups is 1. The smallest absolute Gasteiger partial charge is 0.224 e. The molecule has 2 aromatic rings. The maximum absolute atomic E-state index is 13.1. The first-order valence-corrected chi connectivity index (χ1v) is 11.0. The standard InChI is InChI=1S/C24H32FN5O2.HI/c1-26-24(27-13-11-19-5-3-4-6-22(19)32-2)28-14-12-23(31)30-17-15-29(16-18-30)21-9-7-20(25)8-10-21;/h3-10H,11-18H2,1-2H3,(H2,26,27,28);1H. The van der Waals surface area contributed by atoms with Crippen LogP contribution in [0.15, 0.2) is 53.5 Å². The fourth-order valence-electron chi connectivity index (χ4n) is 3.76. The second-order valence-corrected chi connectivity index (χ2v) is 7.58. The van der Waals surface area contributed by atoms with E-state index in [-0.39, 0.29) is 35.7 Å². The molecule has 9 heteroatoms. The summed E-state index contributed by atoms with van der Waals surface area (Å²) in [5.41, 5.74) is 2.12. The van der Waals surface area contributed by atoms with E-state index in [1.165, 1.54) is 12.1 Å². The van der Waals surface area contributed by atoms with Gasteiger partial charge >= 0.3 is 0 Å². The van der Waals surface area contributed by atoms with Crippen LogP contribution in [-0.4, -0.2) is 70.2 Å². The van der Waals surface area contributed by atoms with Crippen molar-refractivity contribution in [2.75, 3.05) is 58.3 Å². The Morgan fingerprint density at radius 3 is 2.36 bits per heavy atom. The van der Waals surface area contributed by atoms with Gasteiger partial charge in [-0.2, -0.15) is 0 Å². The number of para-hydroxylation sites is 1. The molecule has 2 aromatic carbocycles. The third-order valence-electron chi connectivity index (χ3n) is 5.56. The summed E-state index contributed by atoms with van der Waals surface area (Å²) >= 11 is 0. The van der Waals surface area contributed by atoms with Gasteiger partial charge in [-0.1, -0.05) is 18.2 Å². The van der Waals surface area contributed by atoms with Crippen molar-refractivity contribution in [1.29, 1.82) is 0 Å². The third kappa shape index (κ3) is 8.06. The molecule has 0 aromatic heterocycles. The number of amides is 1. The predicted molar refractivity (Wildman–Crippen MR) is 141 cm³/mol. The topological polar surface area (TPSA) is 69.2 Å². The average Bonchev–Trinajstić information content (AvgIpc) is 2.84. The second-order valence-electron chi connectivity index (χ2n) is 7.58. The zero-order valence-corrected chi connectivity index (χ0v) is 21.6. The minimum atomic E-state index is -0.237. The number of hydrogen-bond acceptors (Lipinski definition) is 4. The molecule has 1 amide bonds. The molecular weight excluding hydrogens is 536 g/mol. The Kier molecular flexibility index (Phi) is 11.2. The van der Waals surface area contributed by atoms with E-state index in [0.29, 0.717) is 38.6 Å². The molecule has 1 aliphatic heterocycles.